The lowest BCUT2D eigenvalue weighted by Gasteiger charge is -2.34. The Morgan fingerprint density at radius 1 is 1.03 bits per heavy atom. The Hall–Kier alpha value is -1.04. The van der Waals surface area contributed by atoms with Crippen LogP contribution in [-0.2, 0) is 0 Å². The summed E-state index contributed by atoms with van der Waals surface area (Å²) in [6.45, 7) is 23.6. The SMILES string of the molecule is CC=C(C1=CC=C(C(C)(CC)CCCC(C)C)CC1)C(C)=C(CC)C(C)CC(C)C. The molecule has 0 amide bonds. The van der Waals surface area contributed by atoms with Crippen LogP contribution in [0.4, 0.5) is 0 Å². The van der Waals surface area contributed by atoms with Crippen molar-refractivity contribution in [2.45, 2.75) is 121 Å². The van der Waals surface area contributed by atoms with Crippen LogP contribution in [0.1, 0.15) is 121 Å². The van der Waals surface area contributed by atoms with Gasteiger partial charge in [-0.25, -0.2) is 0 Å². The third-order valence-corrected chi connectivity index (χ3v) is 7.54. The van der Waals surface area contributed by atoms with Gasteiger partial charge in [-0.1, -0.05) is 97.6 Å². The van der Waals surface area contributed by atoms with Crippen molar-refractivity contribution in [3.05, 3.63) is 46.1 Å². The van der Waals surface area contributed by atoms with Gasteiger partial charge in [0.1, 0.15) is 0 Å². The van der Waals surface area contributed by atoms with E-state index in [-0.39, 0.29) is 0 Å². The van der Waals surface area contributed by atoms with Crippen LogP contribution in [0, 0.1) is 23.2 Å². The van der Waals surface area contributed by atoms with Gasteiger partial charge in [-0.05, 0) is 92.3 Å². The molecule has 1 rings (SSSR count). The van der Waals surface area contributed by atoms with Crippen LogP contribution in [0.25, 0.3) is 0 Å². The molecule has 0 aromatic heterocycles. The first-order valence-corrected chi connectivity index (χ1v) is 12.9. The van der Waals surface area contributed by atoms with Crippen molar-refractivity contribution in [2.24, 2.45) is 23.2 Å². The molecule has 1 aliphatic carbocycles. The van der Waals surface area contributed by atoms with Gasteiger partial charge < -0.3 is 0 Å². The van der Waals surface area contributed by atoms with Crippen LogP contribution in [-0.4, -0.2) is 0 Å². The van der Waals surface area contributed by atoms with Gasteiger partial charge in [0.2, 0.25) is 0 Å². The van der Waals surface area contributed by atoms with Crippen LogP contribution in [0.5, 0.6) is 0 Å². The Balaban J connectivity index is 3.10. The van der Waals surface area contributed by atoms with Gasteiger partial charge >= 0.3 is 0 Å². The van der Waals surface area contributed by atoms with E-state index >= 15 is 0 Å². The fraction of sp³-hybridized carbons (Fsp3) is 0.733. The van der Waals surface area contributed by atoms with E-state index in [1.54, 1.807) is 16.7 Å². The molecular weight excluding hydrogens is 360 g/mol. The highest BCUT2D eigenvalue weighted by molar-refractivity contribution is 5.51. The Morgan fingerprint density at radius 3 is 2.13 bits per heavy atom. The summed E-state index contributed by atoms with van der Waals surface area (Å²) in [7, 11) is 0. The molecule has 0 aliphatic heterocycles. The first kappa shape index (κ1) is 27.0. The molecule has 0 spiro atoms. The summed E-state index contributed by atoms with van der Waals surface area (Å²) in [5, 5.41) is 0. The molecule has 0 N–H and O–H groups in total. The standard InChI is InChI=1S/C30H52/c1-11-28(24(8)21-23(6)7)25(9)29(12-2)26-16-18-27(19-17-26)30(10,13-3)20-14-15-22(4)5/h12,16,18,22-24H,11,13-15,17,19-21H2,1-10H3. The summed E-state index contributed by atoms with van der Waals surface area (Å²) in [6, 6.07) is 0. The monoisotopic (exact) mass is 412 g/mol. The van der Waals surface area contributed by atoms with Crippen LogP contribution in [0.15, 0.2) is 46.1 Å². The highest BCUT2D eigenvalue weighted by atomic mass is 14.3. The van der Waals surface area contributed by atoms with Gasteiger partial charge in [-0.2, -0.15) is 0 Å². The quantitative estimate of drug-likeness (QED) is 0.280. The molecule has 2 atom stereocenters. The second-order valence-corrected chi connectivity index (χ2v) is 10.8. The highest BCUT2D eigenvalue weighted by Gasteiger charge is 2.28. The van der Waals surface area contributed by atoms with Crippen molar-refractivity contribution in [2.75, 3.05) is 0 Å². The van der Waals surface area contributed by atoms with Crippen molar-refractivity contribution in [1.29, 1.82) is 0 Å². The molecule has 30 heavy (non-hydrogen) atoms. The number of hydrogen-bond donors (Lipinski definition) is 0. The number of hydrogen-bond acceptors (Lipinski definition) is 0. The summed E-state index contributed by atoms with van der Waals surface area (Å²) in [5.74, 6) is 2.24. The average Bonchev–Trinajstić information content (AvgIpc) is 2.68. The third-order valence-electron chi connectivity index (χ3n) is 7.54. The van der Waals surface area contributed by atoms with E-state index in [2.05, 4.69) is 87.5 Å². The summed E-state index contributed by atoms with van der Waals surface area (Å²) in [6.07, 6.45) is 17.5. The second-order valence-electron chi connectivity index (χ2n) is 10.8. The number of allylic oxidation sites excluding steroid dienone is 8. The Labute approximate surface area is 190 Å². The Bertz CT molecular complexity index is 650. The normalized spacial score (nSPS) is 19.4. The molecule has 0 saturated carbocycles. The van der Waals surface area contributed by atoms with Crippen LogP contribution < -0.4 is 0 Å². The maximum absolute atomic E-state index is 2.50. The van der Waals surface area contributed by atoms with E-state index in [0.29, 0.717) is 11.3 Å². The molecule has 0 heteroatoms. The van der Waals surface area contributed by atoms with Gasteiger partial charge in [0.25, 0.3) is 0 Å². The predicted molar refractivity (Wildman–Crippen MR) is 138 cm³/mol. The van der Waals surface area contributed by atoms with Crippen LogP contribution in [0.3, 0.4) is 0 Å². The Kier molecular flexibility index (Phi) is 11.5. The van der Waals surface area contributed by atoms with E-state index in [0.717, 1.165) is 18.3 Å². The molecule has 172 valence electrons. The first-order valence-electron chi connectivity index (χ1n) is 12.9. The smallest absolute Gasteiger partial charge is 0.0116 e. The molecule has 0 nitrogen and oxygen atoms in total. The molecular formula is C30H52. The minimum absolute atomic E-state index is 0.373. The Morgan fingerprint density at radius 2 is 1.70 bits per heavy atom. The van der Waals surface area contributed by atoms with Crippen molar-refractivity contribution in [1.82, 2.24) is 0 Å². The van der Waals surface area contributed by atoms with Gasteiger partial charge in [0.15, 0.2) is 0 Å². The van der Waals surface area contributed by atoms with Crippen molar-refractivity contribution in [3.63, 3.8) is 0 Å². The topological polar surface area (TPSA) is 0 Å². The molecule has 0 fully saturated rings. The largest absolute Gasteiger partial charge is 0.0798 e. The van der Waals surface area contributed by atoms with E-state index in [1.807, 2.05) is 0 Å². The average molecular weight is 413 g/mol. The highest BCUT2D eigenvalue weighted by Crippen LogP contribution is 2.43. The predicted octanol–water partition coefficient (Wildman–Crippen LogP) is 10.2. The first-order chi connectivity index (χ1) is 14.1. The van der Waals surface area contributed by atoms with Crippen LogP contribution >= 0.6 is 0 Å². The van der Waals surface area contributed by atoms with E-state index in [1.165, 1.54) is 56.1 Å². The molecule has 1 aliphatic rings. The lowest BCUT2D eigenvalue weighted by Crippen LogP contribution is -2.20. The fourth-order valence-electron chi connectivity index (χ4n) is 5.48. The molecule has 0 radical (unpaired) electrons. The van der Waals surface area contributed by atoms with Crippen molar-refractivity contribution >= 4 is 0 Å². The number of rotatable bonds is 12. The van der Waals surface area contributed by atoms with E-state index in [9.17, 15) is 0 Å². The molecule has 2 unspecified atom stereocenters. The molecule has 0 heterocycles. The third kappa shape index (κ3) is 7.58. The zero-order valence-corrected chi connectivity index (χ0v) is 22.1. The van der Waals surface area contributed by atoms with E-state index < -0.39 is 0 Å². The van der Waals surface area contributed by atoms with Crippen molar-refractivity contribution < 1.29 is 0 Å². The minimum atomic E-state index is 0.373. The molecule has 0 bridgehead atoms. The zero-order chi connectivity index (χ0) is 22.9. The van der Waals surface area contributed by atoms with Crippen molar-refractivity contribution in [3.8, 4) is 0 Å². The maximum atomic E-state index is 2.50. The molecule has 0 aromatic rings. The molecule has 0 saturated heterocycles. The lowest BCUT2D eigenvalue weighted by molar-refractivity contribution is 0.316. The van der Waals surface area contributed by atoms with Crippen LogP contribution in [0.2, 0.25) is 0 Å². The summed E-state index contributed by atoms with van der Waals surface area (Å²) in [5.41, 5.74) is 8.28. The summed E-state index contributed by atoms with van der Waals surface area (Å²) >= 11 is 0. The lowest BCUT2D eigenvalue weighted by atomic mass is 9.71. The summed E-state index contributed by atoms with van der Waals surface area (Å²) in [4.78, 5) is 0. The van der Waals surface area contributed by atoms with E-state index in [4.69, 9.17) is 0 Å². The van der Waals surface area contributed by atoms with Gasteiger partial charge in [0.05, 0.1) is 0 Å². The summed E-state index contributed by atoms with van der Waals surface area (Å²) < 4.78 is 0. The van der Waals surface area contributed by atoms with Gasteiger partial charge in [-0.3, -0.25) is 0 Å². The zero-order valence-electron chi connectivity index (χ0n) is 22.1. The van der Waals surface area contributed by atoms with Gasteiger partial charge in [0, 0.05) is 0 Å². The molecule has 0 aromatic carbocycles. The second kappa shape index (κ2) is 12.7. The fourth-order valence-corrected chi connectivity index (χ4v) is 5.48. The van der Waals surface area contributed by atoms with Gasteiger partial charge in [-0.15, -0.1) is 0 Å². The minimum Gasteiger partial charge on any atom is -0.0798 e. The maximum Gasteiger partial charge on any atom is -0.0116 e.